The Morgan fingerprint density at radius 2 is 2.29 bits per heavy atom. The van der Waals surface area contributed by atoms with Gasteiger partial charge in [0.2, 0.25) is 0 Å². The third-order valence-electron chi connectivity index (χ3n) is 2.51. The number of nitrogens with one attached hydrogen (secondary N) is 1. The highest BCUT2D eigenvalue weighted by Gasteiger charge is 2.02. The van der Waals surface area contributed by atoms with Gasteiger partial charge in [-0.2, -0.15) is 0 Å². The highest BCUT2D eigenvalue weighted by atomic mass is 35.5. The minimum atomic E-state index is -0.262. The maximum atomic E-state index is 9.12. The van der Waals surface area contributed by atoms with Crippen LogP contribution in [0.5, 0.6) is 0 Å². The highest BCUT2D eigenvalue weighted by Crippen LogP contribution is 2.11. The van der Waals surface area contributed by atoms with Gasteiger partial charge in [-0.25, -0.2) is 4.98 Å². The van der Waals surface area contributed by atoms with E-state index in [2.05, 4.69) is 10.3 Å². The third-order valence-corrected chi connectivity index (χ3v) is 2.73. The molecule has 92 valence electrons. The summed E-state index contributed by atoms with van der Waals surface area (Å²) < 4.78 is 1.91. The van der Waals surface area contributed by atoms with E-state index in [-0.39, 0.29) is 6.10 Å². The summed E-state index contributed by atoms with van der Waals surface area (Å²) in [6.07, 6.45) is 4.28. The summed E-state index contributed by atoms with van der Waals surface area (Å²) in [5.74, 6) is 0. The van der Waals surface area contributed by atoms with E-state index in [4.69, 9.17) is 16.7 Å². The number of pyridine rings is 1. The van der Waals surface area contributed by atoms with Crippen molar-refractivity contribution in [3.05, 3.63) is 35.2 Å². The molecule has 0 aliphatic heterocycles. The summed E-state index contributed by atoms with van der Waals surface area (Å²) in [5, 5.41) is 13.1. The van der Waals surface area contributed by atoms with E-state index in [1.165, 1.54) is 0 Å². The Kier molecular flexibility index (Phi) is 3.99. The fourth-order valence-corrected chi connectivity index (χ4v) is 1.80. The van der Waals surface area contributed by atoms with Crippen LogP contribution in [0.3, 0.4) is 0 Å². The lowest BCUT2D eigenvalue weighted by Crippen LogP contribution is -2.18. The van der Waals surface area contributed by atoms with E-state index in [0.717, 1.165) is 24.3 Å². The van der Waals surface area contributed by atoms with Crippen LogP contribution >= 0.6 is 11.6 Å². The van der Waals surface area contributed by atoms with E-state index in [9.17, 15) is 0 Å². The zero-order chi connectivity index (χ0) is 12.3. The second-order valence-electron chi connectivity index (χ2n) is 4.16. The smallest absolute Gasteiger partial charge is 0.137 e. The molecule has 0 fully saturated rings. The Labute approximate surface area is 105 Å². The molecule has 2 heterocycles. The first kappa shape index (κ1) is 12.4. The Bertz CT molecular complexity index is 495. The number of fused-ring (bicyclic) bond motifs is 1. The number of aromatic nitrogens is 2. The van der Waals surface area contributed by atoms with E-state index in [0.29, 0.717) is 11.6 Å². The summed E-state index contributed by atoms with van der Waals surface area (Å²) in [5.41, 5.74) is 1.86. The van der Waals surface area contributed by atoms with Gasteiger partial charge in [0.05, 0.1) is 16.8 Å². The van der Waals surface area contributed by atoms with Crippen molar-refractivity contribution < 1.29 is 5.11 Å². The molecule has 2 aromatic rings. The molecule has 0 radical (unpaired) electrons. The van der Waals surface area contributed by atoms with Crippen LogP contribution in [0.25, 0.3) is 5.65 Å². The Hall–Kier alpha value is -1.10. The predicted octanol–water partition coefficient (Wildman–Crippen LogP) is 1.85. The fraction of sp³-hybridized carbons (Fsp3) is 0.417. The number of aliphatic hydroxyl groups excluding tert-OH is 1. The van der Waals surface area contributed by atoms with Gasteiger partial charge in [-0.1, -0.05) is 11.6 Å². The van der Waals surface area contributed by atoms with Crippen molar-refractivity contribution in [1.82, 2.24) is 14.7 Å². The number of halogens is 1. The van der Waals surface area contributed by atoms with E-state index < -0.39 is 0 Å². The number of nitrogens with zero attached hydrogens (tertiary/aromatic N) is 2. The third kappa shape index (κ3) is 3.43. The molecule has 0 aliphatic carbocycles. The lowest BCUT2D eigenvalue weighted by Gasteiger charge is -2.04. The van der Waals surface area contributed by atoms with Crippen molar-refractivity contribution in [3.63, 3.8) is 0 Å². The zero-order valence-electron chi connectivity index (χ0n) is 9.73. The first-order valence-electron chi connectivity index (χ1n) is 5.67. The average Bonchev–Trinajstić information content (AvgIpc) is 2.66. The summed E-state index contributed by atoms with van der Waals surface area (Å²) in [4.78, 5) is 4.45. The fourth-order valence-electron chi connectivity index (χ4n) is 1.63. The van der Waals surface area contributed by atoms with Gasteiger partial charge in [0.15, 0.2) is 0 Å². The van der Waals surface area contributed by atoms with Gasteiger partial charge >= 0.3 is 0 Å². The van der Waals surface area contributed by atoms with Gasteiger partial charge in [-0.3, -0.25) is 0 Å². The predicted molar refractivity (Wildman–Crippen MR) is 68.2 cm³/mol. The molecule has 0 amide bonds. The topological polar surface area (TPSA) is 49.6 Å². The second kappa shape index (κ2) is 5.49. The molecule has 0 saturated heterocycles. The maximum Gasteiger partial charge on any atom is 0.137 e. The average molecular weight is 254 g/mol. The summed E-state index contributed by atoms with van der Waals surface area (Å²) in [6, 6.07) is 3.72. The molecule has 0 aliphatic rings. The first-order chi connectivity index (χ1) is 8.15. The van der Waals surface area contributed by atoms with Crippen LogP contribution < -0.4 is 5.32 Å². The minimum absolute atomic E-state index is 0.262. The largest absolute Gasteiger partial charge is 0.393 e. The minimum Gasteiger partial charge on any atom is -0.393 e. The SMILES string of the molecule is CC(O)CCNCc1cn2cc(Cl)ccc2n1. The molecule has 2 aromatic heterocycles. The first-order valence-corrected chi connectivity index (χ1v) is 6.05. The molecule has 1 unspecified atom stereocenters. The van der Waals surface area contributed by atoms with Crippen LogP contribution in [0.15, 0.2) is 24.5 Å². The highest BCUT2D eigenvalue weighted by molar-refractivity contribution is 6.30. The van der Waals surface area contributed by atoms with Crippen molar-refractivity contribution in [2.75, 3.05) is 6.54 Å². The van der Waals surface area contributed by atoms with Crippen molar-refractivity contribution in [2.24, 2.45) is 0 Å². The summed E-state index contributed by atoms with van der Waals surface area (Å²) in [7, 11) is 0. The molecular formula is C12H16ClN3O. The van der Waals surface area contributed by atoms with E-state index >= 15 is 0 Å². The number of hydrogen-bond acceptors (Lipinski definition) is 3. The van der Waals surface area contributed by atoms with Gasteiger partial charge < -0.3 is 14.8 Å². The molecular weight excluding hydrogens is 238 g/mol. The number of hydrogen-bond donors (Lipinski definition) is 2. The van der Waals surface area contributed by atoms with Crippen LogP contribution in [0.2, 0.25) is 5.02 Å². The van der Waals surface area contributed by atoms with Gasteiger partial charge in [0.1, 0.15) is 5.65 Å². The number of imidazole rings is 1. The molecule has 2 N–H and O–H groups in total. The Morgan fingerprint density at radius 1 is 1.47 bits per heavy atom. The maximum absolute atomic E-state index is 9.12. The van der Waals surface area contributed by atoms with Crippen molar-refractivity contribution in [1.29, 1.82) is 0 Å². The molecule has 4 nitrogen and oxygen atoms in total. The van der Waals surface area contributed by atoms with Crippen LogP contribution in [-0.4, -0.2) is 27.1 Å². The molecule has 0 saturated carbocycles. The standard InChI is InChI=1S/C12H16ClN3O/c1-9(17)4-5-14-6-11-8-16-7-10(13)2-3-12(16)15-11/h2-3,7-9,14,17H,4-6H2,1H3. The Morgan fingerprint density at radius 3 is 3.06 bits per heavy atom. The number of aliphatic hydroxyl groups is 1. The second-order valence-corrected chi connectivity index (χ2v) is 4.60. The van der Waals surface area contributed by atoms with E-state index in [1.54, 1.807) is 6.92 Å². The molecule has 0 aromatic carbocycles. The van der Waals surface area contributed by atoms with Crippen molar-refractivity contribution in [3.8, 4) is 0 Å². The molecule has 0 bridgehead atoms. The Balaban J connectivity index is 1.95. The van der Waals surface area contributed by atoms with Crippen molar-refractivity contribution in [2.45, 2.75) is 26.0 Å². The normalized spacial score (nSPS) is 13.1. The van der Waals surface area contributed by atoms with Crippen LogP contribution in [0.4, 0.5) is 0 Å². The molecule has 0 spiro atoms. The molecule has 1 atom stereocenters. The number of rotatable bonds is 5. The van der Waals surface area contributed by atoms with Crippen molar-refractivity contribution >= 4 is 17.2 Å². The monoisotopic (exact) mass is 253 g/mol. The van der Waals surface area contributed by atoms with Gasteiger partial charge in [-0.05, 0) is 32.0 Å². The quantitative estimate of drug-likeness (QED) is 0.800. The molecule has 17 heavy (non-hydrogen) atoms. The molecule has 5 heteroatoms. The van der Waals surface area contributed by atoms with Crippen LogP contribution in [0, 0.1) is 0 Å². The zero-order valence-corrected chi connectivity index (χ0v) is 10.5. The lowest BCUT2D eigenvalue weighted by atomic mass is 10.3. The van der Waals surface area contributed by atoms with E-state index in [1.807, 2.05) is 28.9 Å². The van der Waals surface area contributed by atoms with Crippen LogP contribution in [-0.2, 0) is 6.54 Å². The van der Waals surface area contributed by atoms with Crippen LogP contribution in [0.1, 0.15) is 19.0 Å². The van der Waals surface area contributed by atoms with Gasteiger partial charge in [-0.15, -0.1) is 0 Å². The summed E-state index contributed by atoms with van der Waals surface area (Å²) >= 11 is 5.90. The van der Waals surface area contributed by atoms with Gasteiger partial charge in [0.25, 0.3) is 0 Å². The van der Waals surface area contributed by atoms with Gasteiger partial charge in [0, 0.05) is 18.9 Å². The molecule has 2 rings (SSSR count). The lowest BCUT2D eigenvalue weighted by molar-refractivity contribution is 0.183. The summed E-state index contributed by atoms with van der Waals surface area (Å²) in [6.45, 7) is 3.27.